The molecule has 4 heteroatoms. The fourth-order valence-electron chi connectivity index (χ4n) is 2.22. The van der Waals surface area contributed by atoms with Crippen LogP contribution in [0.3, 0.4) is 0 Å². The van der Waals surface area contributed by atoms with E-state index in [4.69, 9.17) is 11.6 Å². The van der Waals surface area contributed by atoms with Crippen molar-refractivity contribution in [2.24, 2.45) is 0 Å². The highest BCUT2D eigenvalue weighted by Crippen LogP contribution is 2.26. The zero-order chi connectivity index (χ0) is 12.5. The molecule has 92 valence electrons. The highest BCUT2D eigenvalue weighted by atomic mass is 35.5. The molecule has 1 aromatic rings. The van der Waals surface area contributed by atoms with E-state index in [1.165, 1.54) is 0 Å². The van der Waals surface area contributed by atoms with Crippen LogP contribution in [0, 0.1) is 0 Å². The zero-order valence-electron chi connectivity index (χ0n) is 10.2. The van der Waals surface area contributed by atoms with Crippen LogP contribution in [0.5, 0.6) is 0 Å². The number of hydrogen-bond acceptors (Lipinski definition) is 2. The number of carbonyl (C=O) groups is 1. The van der Waals surface area contributed by atoms with Gasteiger partial charge in [0.15, 0.2) is 0 Å². The van der Waals surface area contributed by atoms with Gasteiger partial charge in [0.1, 0.15) is 5.54 Å². The van der Waals surface area contributed by atoms with Crippen LogP contribution < -0.4 is 5.32 Å². The second kappa shape index (κ2) is 4.67. The molecular formula is C13H17ClN2O. The van der Waals surface area contributed by atoms with E-state index in [2.05, 4.69) is 5.32 Å². The molecule has 1 aromatic carbocycles. The van der Waals surface area contributed by atoms with Crippen molar-refractivity contribution in [3.8, 4) is 0 Å². The minimum Gasteiger partial charge on any atom is -0.344 e. The summed E-state index contributed by atoms with van der Waals surface area (Å²) in [6.45, 7) is 3.57. The Hall–Kier alpha value is -1.06. The first-order valence-electron chi connectivity index (χ1n) is 5.81. The quantitative estimate of drug-likeness (QED) is 0.829. The summed E-state index contributed by atoms with van der Waals surface area (Å²) in [5, 5.41) is 4.03. The predicted molar refractivity (Wildman–Crippen MR) is 69.1 cm³/mol. The number of amides is 1. The number of rotatable bonds is 1. The zero-order valence-corrected chi connectivity index (χ0v) is 10.9. The summed E-state index contributed by atoms with van der Waals surface area (Å²) in [6.07, 6.45) is 0.978. The van der Waals surface area contributed by atoms with Gasteiger partial charge >= 0.3 is 0 Å². The number of likely N-dealkylation sites (N-methyl/N-ethyl adjacent to an activating group) is 1. The van der Waals surface area contributed by atoms with Gasteiger partial charge in [-0.3, -0.25) is 10.1 Å². The van der Waals surface area contributed by atoms with Crippen molar-refractivity contribution in [3.05, 3.63) is 34.9 Å². The van der Waals surface area contributed by atoms with Gasteiger partial charge in [-0.2, -0.15) is 0 Å². The van der Waals surface area contributed by atoms with Crippen LogP contribution in [-0.2, 0) is 10.3 Å². The van der Waals surface area contributed by atoms with Gasteiger partial charge in [0.25, 0.3) is 0 Å². The van der Waals surface area contributed by atoms with Crippen LogP contribution in [0.25, 0.3) is 0 Å². The topological polar surface area (TPSA) is 32.3 Å². The van der Waals surface area contributed by atoms with Gasteiger partial charge in [0.05, 0.1) is 0 Å². The first-order chi connectivity index (χ1) is 8.04. The molecule has 1 aliphatic rings. The molecule has 1 amide bonds. The molecular weight excluding hydrogens is 236 g/mol. The highest BCUT2D eigenvalue weighted by Gasteiger charge is 2.38. The van der Waals surface area contributed by atoms with Gasteiger partial charge in [-0.25, -0.2) is 0 Å². The maximum Gasteiger partial charge on any atom is 0.246 e. The molecule has 0 bridgehead atoms. The lowest BCUT2D eigenvalue weighted by Crippen LogP contribution is -2.50. The summed E-state index contributed by atoms with van der Waals surface area (Å²) in [4.78, 5) is 14.2. The minimum atomic E-state index is -0.643. The maximum absolute atomic E-state index is 12.4. The lowest BCUT2D eigenvalue weighted by atomic mass is 9.91. The Morgan fingerprint density at radius 1 is 1.35 bits per heavy atom. The minimum absolute atomic E-state index is 0.109. The molecule has 1 fully saturated rings. The fourth-order valence-corrected chi connectivity index (χ4v) is 2.35. The number of halogens is 1. The van der Waals surface area contributed by atoms with E-state index >= 15 is 0 Å². The third kappa shape index (κ3) is 2.31. The van der Waals surface area contributed by atoms with Gasteiger partial charge < -0.3 is 4.90 Å². The van der Waals surface area contributed by atoms with E-state index in [9.17, 15) is 4.79 Å². The third-order valence-corrected chi connectivity index (χ3v) is 3.60. The van der Waals surface area contributed by atoms with Crippen LogP contribution in [-0.4, -0.2) is 30.9 Å². The number of benzene rings is 1. The first-order valence-corrected chi connectivity index (χ1v) is 6.18. The monoisotopic (exact) mass is 252 g/mol. The van der Waals surface area contributed by atoms with Gasteiger partial charge in [-0.05, 0) is 37.6 Å². The van der Waals surface area contributed by atoms with Crippen LogP contribution in [0.1, 0.15) is 18.9 Å². The molecule has 0 aliphatic carbocycles. The number of nitrogens with one attached hydrogen (secondary N) is 1. The molecule has 1 heterocycles. The second-order valence-corrected chi connectivity index (χ2v) is 5.08. The van der Waals surface area contributed by atoms with Crippen molar-refractivity contribution < 1.29 is 4.79 Å². The van der Waals surface area contributed by atoms with E-state index < -0.39 is 5.54 Å². The lowest BCUT2D eigenvalue weighted by molar-refractivity contribution is -0.135. The number of nitrogens with zero attached hydrogens (tertiary/aromatic N) is 1. The molecule has 1 N–H and O–H groups in total. The largest absolute Gasteiger partial charge is 0.344 e. The van der Waals surface area contributed by atoms with Crippen LogP contribution in [0.15, 0.2) is 24.3 Å². The molecule has 0 aromatic heterocycles. The van der Waals surface area contributed by atoms with E-state index in [-0.39, 0.29) is 5.91 Å². The summed E-state index contributed by atoms with van der Waals surface area (Å²) >= 11 is 5.88. The number of carbonyl (C=O) groups excluding carboxylic acids is 1. The van der Waals surface area contributed by atoms with Gasteiger partial charge in [-0.15, -0.1) is 0 Å². The van der Waals surface area contributed by atoms with Gasteiger partial charge in [-0.1, -0.05) is 23.7 Å². The first kappa shape index (κ1) is 12.4. The van der Waals surface area contributed by atoms with Crippen molar-refractivity contribution in [2.45, 2.75) is 18.9 Å². The summed E-state index contributed by atoms with van der Waals surface area (Å²) < 4.78 is 0. The highest BCUT2D eigenvalue weighted by molar-refractivity contribution is 6.30. The number of hydrogen-bond donors (Lipinski definition) is 1. The average molecular weight is 253 g/mol. The molecule has 2 rings (SSSR count). The standard InChI is InChI=1S/C13H17ClN2O/c1-13(10-4-6-11(14)7-5-10)12(17)16(2)9-3-8-15-13/h4-7,15H,3,8-9H2,1-2H3. The van der Waals surface area contributed by atoms with Crippen molar-refractivity contribution in [2.75, 3.05) is 20.1 Å². The Morgan fingerprint density at radius 3 is 2.65 bits per heavy atom. The Bertz CT molecular complexity index is 418. The molecule has 1 atom stereocenters. The van der Waals surface area contributed by atoms with Crippen molar-refractivity contribution in [1.29, 1.82) is 0 Å². The van der Waals surface area contributed by atoms with Crippen LogP contribution in [0.4, 0.5) is 0 Å². The Kier molecular flexibility index (Phi) is 3.40. The summed E-state index contributed by atoms with van der Waals surface area (Å²) in [5.74, 6) is 0.109. The molecule has 0 spiro atoms. The third-order valence-electron chi connectivity index (χ3n) is 3.34. The molecule has 17 heavy (non-hydrogen) atoms. The summed E-state index contributed by atoms with van der Waals surface area (Å²) in [5.41, 5.74) is 0.316. The molecule has 1 saturated heterocycles. The van der Waals surface area contributed by atoms with E-state index in [0.29, 0.717) is 5.02 Å². The molecule has 1 unspecified atom stereocenters. The molecule has 0 radical (unpaired) electrons. The molecule has 1 aliphatic heterocycles. The van der Waals surface area contributed by atoms with Crippen LogP contribution >= 0.6 is 11.6 Å². The normalized spacial score (nSPS) is 25.8. The maximum atomic E-state index is 12.4. The Morgan fingerprint density at radius 2 is 2.00 bits per heavy atom. The van der Waals surface area contributed by atoms with Crippen molar-refractivity contribution in [3.63, 3.8) is 0 Å². The van der Waals surface area contributed by atoms with Gasteiger partial charge in [0.2, 0.25) is 5.91 Å². The van der Waals surface area contributed by atoms with Crippen LogP contribution in [0.2, 0.25) is 5.02 Å². The SMILES string of the molecule is CN1CCCNC(C)(c2ccc(Cl)cc2)C1=O. The Labute approximate surface area is 107 Å². The molecule has 3 nitrogen and oxygen atoms in total. The Balaban J connectivity index is 2.38. The van der Waals surface area contributed by atoms with E-state index in [1.54, 1.807) is 4.90 Å². The fraction of sp³-hybridized carbons (Fsp3) is 0.462. The van der Waals surface area contributed by atoms with E-state index in [1.807, 2.05) is 38.2 Å². The summed E-state index contributed by atoms with van der Waals surface area (Å²) in [6, 6.07) is 7.46. The molecule has 0 saturated carbocycles. The summed E-state index contributed by atoms with van der Waals surface area (Å²) in [7, 11) is 1.85. The lowest BCUT2D eigenvalue weighted by Gasteiger charge is -2.31. The smallest absolute Gasteiger partial charge is 0.246 e. The van der Waals surface area contributed by atoms with Crippen molar-refractivity contribution >= 4 is 17.5 Å². The van der Waals surface area contributed by atoms with E-state index in [0.717, 1.165) is 25.1 Å². The average Bonchev–Trinajstić information content (AvgIpc) is 2.45. The van der Waals surface area contributed by atoms with Crippen molar-refractivity contribution in [1.82, 2.24) is 10.2 Å². The predicted octanol–water partition coefficient (Wildman–Crippen LogP) is 2.01. The van der Waals surface area contributed by atoms with Gasteiger partial charge in [0, 0.05) is 18.6 Å². The second-order valence-electron chi connectivity index (χ2n) is 4.64.